The average Bonchev–Trinajstić information content (AvgIpc) is 3.07. The first-order valence-electron chi connectivity index (χ1n) is 9.03. The van der Waals surface area contributed by atoms with Gasteiger partial charge in [-0.1, -0.05) is 29.8 Å². The molecule has 1 aromatic heterocycles. The molecule has 0 aliphatic heterocycles. The van der Waals surface area contributed by atoms with Crippen LogP contribution in [0.1, 0.15) is 10.4 Å². The standard InChI is InChI=1S/C22H14ClF2N3O3/c1-28-22(30)31-21(27-28)13-7-10-16(23)15(11-13)12-5-8-14(9-6-12)26-20(29)19-17(24)3-2-4-18(19)25/h2-11H,1H3,(H,26,29). The number of hydrogen-bond donors (Lipinski definition) is 1. The van der Waals surface area contributed by atoms with Gasteiger partial charge in [-0.3, -0.25) is 4.79 Å². The quantitative estimate of drug-likeness (QED) is 0.489. The van der Waals surface area contributed by atoms with Gasteiger partial charge < -0.3 is 9.73 Å². The molecule has 6 nitrogen and oxygen atoms in total. The highest BCUT2D eigenvalue weighted by Crippen LogP contribution is 2.32. The van der Waals surface area contributed by atoms with Gasteiger partial charge in [-0.2, -0.15) is 4.68 Å². The van der Waals surface area contributed by atoms with Crippen LogP contribution < -0.4 is 11.1 Å². The van der Waals surface area contributed by atoms with E-state index in [2.05, 4.69) is 10.4 Å². The average molecular weight is 442 g/mol. The number of halogens is 3. The maximum absolute atomic E-state index is 13.8. The van der Waals surface area contributed by atoms with E-state index in [1.807, 2.05) is 0 Å². The predicted octanol–water partition coefficient (Wildman–Crippen LogP) is 4.89. The maximum Gasteiger partial charge on any atom is 0.437 e. The second kappa shape index (κ2) is 8.16. The Bertz CT molecular complexity index is 1330. The van der Waals surface area contributed by atoms with Crippen LogP contribution in [-0.4, -0.2) is 15.7 Å². The Kier molecular flexibility index (Phi) is 5.39. The van der Waals surface area contributed by atoms with Gasteiger partial charge in [0.2, 0.25) is 5.89 Å². The van der Waals surface area contributed by atoms with Crippen molar-refractivity contribution in [1.29, 1.82) is 0 Å². The number of rotatable bonds is 4. The topological polar surface area (TPSA) is 77.1 Å². The number of carbonyl (C=O) groups excluding carboxylic acids is 1. The molecule has 0 radical (unpaired) electrons. The van der Waals surface area contributed by atoms with Crippen molar-refractivity contribution in [2.75, 3.05) is 5.32 Å². The molecule has 1 N–H and O–H groups in total. The number of amides is 1. The van der Waals surface area contributed by atoms with Crippen LogP contribution >= 0.6 is 11.6 Å². The summed E-state index contributed by atoms with van der Waals surface area (Å²) < 4.78 is 33.8. The number of carbonyl (C=O) groups is 1. The largest absolute Gasteiger partial charge is 0.437 e. The van der Waals surface area contributed by atoms with Gasteiger partial charge in [0.15, 0.2) is 0 Å². The van der Waals surface area contributed by atoms with Crippen molar-refractivity contribution < 1.29 is 18.0 Å². The Morgan fingerprint density at radius 1 is 1.03 bits per heavy atom. The first-order chi connectivity index (χ1) is 14.8. The van der Waals surface area contributed by atoms with Crippen molar-refractivity contribution in [2.45, 2.75) is 0 Å². The number of aryl methyl sites for hydroxylation is 1. The van der Waals surface area contributed by atoms with Gasteiger partial charge in [0, 0.05) is 28.9 Å². The van der Waals surface area contributed by atoms with Crippen LogP contribution in [0.25, 0.3) is 22.6 Å². The SMILES string of the molecule is Cn1nc(-c2ccc(Cl)c(-c3ccc(NC(=O)c4c(F)cccc4F)cc3)c2)oc1=O. The molecule has 31 heavy (non-hydrogen) atoms. The van der Waals surface area contributed by atoms with Crippen molar-refractivity contribution in [3.05, 3.63) is 93.4 Å². The number of benzene rings is 3. The molecule has 4 aromatic rings. The first-order valence-corrected chi connectivity index (χ1v) is 9.41. The summed E-state index contributed by atoms with van der Waals surface area (Å²) in [5.41, 5.74) is 1.61. The lowest BCUT2D eigenvalue weighted by atomic mass is 10.0. The van der Waals surface area contributed by atoms with E-state index in [1.165, 1.54) is 13.1 Å². The zero-order valence-electron chi connectivity index (χ0n) is 16.0. The lowest BCUT2D eigenvalue weighted by molar-refractivity contribution is 0.101. The van der Waals surface area contributed by atoms with Crippen LogP contribution in [0.3, 0.4) is 0 Å². The van der Waals surface area contributed by atoms with E-state index in [1.54, 1.807) is 42.5 Å². The number of anilines is 1. The summed E-state index contributed by atoms with van der Waals surface area (Å²) in [5.74, 6) is -3.22. The zero-order valence-corrected chi connectivity index (χ0v) is 16.8. The lowest BCUT2D eigenvalue weighted by Crippen LogP contribution is -2.15. The molecule has 0 fully saturated rings. The van der Waals surface area contributed by atoms with Crippen LogP contribution in [0.5, 0.6) is 0 Å². The molecule has 0 aliphatic carbocycles. The minimum atomic E-state index is -0.945. The summed E-state index contributed by atoms with van der Waals surface area (Å²) in [6, 6.07) is 14.8. The van der Waals surface area contributed by atoms with Gasteiger partial charge in [-0.15, -0.1) is 5.10 Å². The van der Waals surface area contributed by atoms with E-state index in [9.17, 15) is 18.4 Å². The van der Waals surface area contributed by atoms with Crippen molar-refractivity contribution in [3.63, 3.8) is 0 Å². The summed E-state index contributed by atoms with van der Waals surface area (Å²) in [5, 5.41) is 6.94. The lowest BCUT2D eigenvalue weighted by Gasteiger charge is -2.10. The van der Waals surface area contributed by atoms with E-state index in [0.29, 0.717) is 27.4 Å². The number of aromatic nitrogens is 2. The molecular formula is C22H14ClF2N3O3. The third-order valence-corrected chi connectivity index (χ3v) is 4.88. The number of nitrogens with zero attached hydrogens (tertiary/aromatic N) is 2. The third-order valence-electron chi connectivity index (χ3n) is 4.55. The summed E-state index contributed by atoms with van der Waals surface area (Å²) in [4.78, 5) is 23.8. The number of nitrogens with one attached hydrogen (secondary N) is 1. The normalized spacial score (nSPS) is 10.8. The molecule has 1 amide bonds. The molecule has 3 aromatic carbocycles. The zero-order chi connectivity index (χ0) is 22.1. The minimum Gasteiger partial charge on any atom is -0.388 e. The molecule has 0 aliphatic rings. The van der Waals surface area contributed by atoms with E-state index in [-0.39, 0.29) is 5.89 Å². The molecule has 0 spiro atoms. The highest BCUT2D eigenvalue weighted by atomic mass is 35.5. The summed E-state index contributed by atoms with van der Waals surface area (Å²) in [6.45, 7) is 0. The smallest absolute Gasteiger partial charge is 0.388 e. The Labute approximate surface area is 179 Å². The minimum absolute atomic E-state index is 0.154. The highest BCUT2D eigenvalue weighted by molar-refractivity contribution is 6.33. The van der Waals surface area contributed by atoms with Crippen molar-refractivity contribution in [3.8, 4) is 22.6 Å². The molecule has 4 rings (SSSR count). The van der Waals surface area contributed by atoms with E-state index >= 15 is 0 Å². The molecular weight excluding hydrogens is 428 g/mol. The monoisotopic (exact) mass is 441 g/mol. The van der Waals surface area contributed by atoms with Crippen LogP contribution in [0.2, 0.25) is 5.02 Å². The molecule has 1 heterocycles. The fourth-order valence-corrected chi connectivity index (χ4v) is 3.21. The molecule has 9 heteroatoms. The predicted molar refractivity (Wildman–Crippen MR) is 112 cm³/mol. The van der Waals surface area contributed by atoms with Gasteiger partial charge >= 0.3 is 5.76 Å². The molecule has 0 unspecified atom stereocenters. The van der Waals surface area contributed by atoms with Crippen molar-refractivity contribution in [2.24, 2.45) is 7.05 Å². The maximum atomic E-state index is 13.8. The molecule has 156 valence electrons. The van der Waals surface area contributed by atoms with Gasteiger partial charge in [-0.25, -0.2) is 13.6 Å². The van der Waals surface area contributed by atoms with Gasteiger partial charge in [-0.05, 0) is 48.0 Å². The summed E-state index contributed by atoms with van der Waals surface area (Å²) in [6.07, 6.45) is 0. The molecule has 0 bridgehead atoms. The van der Waals surface area contributed by atoms with E-state index < -0.39 is 28.9 Å². The fourth-order valence-electron chi connectivity index (χ4n) is 2.98. The van der Waals surface area contributed by atoms with Crippen LogP contribution in [0, 0.1) is 11.6 Å². The fraction of sp³-hybridized carbons (Fsp3) is 0.0455. The van der Waals surface area contributed by atoms with E-state index in [4.69, 9.17) is 16.0 Å². The van der Waals surface area contributed by atoms with Crippen molar-refractivity contribution in [1.82, 2.24) is 9.78 Å². The molecule has 0 saturated carbocycles. The van der Waals surface area contributed by atoms with Crippen LogP contribution in [0.15, 0.2) is 69.9 Å². The molecule has 0 atom stereocenters. The van der Waals surface area contributed by atoms with Crippen LogP contribution in [0.4, 0.5) is 14.5 Å². The molecule has 0 saturated heterocycles. The van der Waals surface area contributed by atoms with Gasteiger partial charge in [0.05, 0.1) is 0 Å². The Morgan fingerprint density at radius 2 is 1.68 bits per heavy atom. The van der Waals surface area contributed by atoms with Gasteiger partial charge in [0.1, 0.15) is 17.2 Å². The first kappa shape index (κ1) is 20.5. The Balaban J connectivity index is 1.60. The van der Waals surface area contributed by atoms with E-state index in [0.717, 1.165) is 16.8 Å². The second-order valence-corrected chi connectivity index (χ2v) is 7.03. The summed E-state index contributed by atoms with van der Waals surface area (Å²) >= 11 is 6.32. The second-order valence-electron chi connectivity index (χ2n) is 6.62. The highest BCUT2D eigenvalue weighted by Gasteiger charge is 2.17. The van der Waals surface area contributed by atoms with Crippen molar-refractivity contribution >= 4 is 23.2 Å². The van der Waals surface area contributed by atoms with Gasteiger partial charge in [0.25, 0.3) is 5.91 Å². The number of hydrogen-bond acceptors (Lipinski definition) is 4. The Hall–Kier alpha value is -3.78. The third kappa shape index (κ3) is 4.10. The van der Waals surface area contributed by atoms with Crippen LogP contribution in [-0.2, 0) is 7.05 Å². The summed E-state index contributed by atoms with van der Waals surface area (Å²) in [7, 11) is 1.48. The Morgan fingerprint density at radius 3 is 2.29 bits per heavy atom.